The number of carbonyl (C=O) groups is 4. The van der Waals surface area contributed by atoms with Crippen molar-refractivity contribution in [2.75, 3.05) is 5.32 Å². The average molecular weight is 431 g/mol. The van der Waals surface area contributed by atoms with Crippen LogP contribution in [0.1, 0.15) is 50.5 Å². The number of aryl methyl sites for hydroxylation is 1. The summed E-state index contributed by atoms with van der Waals surface area (Å²) in [5.41, 5.74) is 2.72. The molecule has 1 amide bonds. The van der Waals surface area contributed by atoms with Crippen LogP contribution < -0.4 is 10.1 Å². The Hall–Kier alpha value is -4.26. The van der Waals surface area contributed by atoms with Crippen LogP contribution >= 0.6 is 0 Å². The summed E-state index contributed by atoms with van der Waals surface area (Å²) in [6, 6.07) is 16.3. The molecule has 0 aromatic heterocycles. The summed E-state index contributed by atoms with van der Waals surface area (Å²) >= 11 is 0. The van der Waals surface area contributed by atoms with Crippen molar-refractivity contribution in [1.82, 2.24) is 0 Å². The highest BCUT2D eigenvalue weighted by Gasteiger charge is 2.19. The summed E-state index contributed by atoms with van der Waals surface area (Å²) in [6.07, 6.45) is 0.868. The molecule has 7 heteroatoms. The zero-order chi connectivity index (χ0) is 23.3. The molecule has 0 aliphatic rings. The molecule has 0 aliphatic carbocycles. The molecule has 3 aromatic carbocycles. The Morgan fingerprint density at radius 1 is 0.906 bits per heavy atom. The molecule has 0 fully saturated rings. The first-order valence-corrected chi connectivity index (χ1v) is 9.87. The number of carboxylic acids is 1. The molecule has 32 heavy (non-hydrogen) atoms. The number of ketones is 1. The van der Waals surface area contributed by atoms with Crippen molar-refractivity contribution in [3.8, 4) is 16.9 Å². The first-order valence-electron chi connectivity index (χ1n) is 9.87. The standard InChI is InChI=1S/C25H21NO6/c1-3-16-4-8-19(9-5-16)26-24(29)20-10-6-17(13-22(20)25(30)31)18-7-11-23(32-14-27)21(12-18)15(2)28/h4-14H,3H2,1-2H3,(H,26,29)(H,30,31). The zero-order valence-electron chi connectivity index (χ0n) is 17.5. The van der Waals surface area contributed by atoms with Gasteiger partial charge in [0, 0.05) is 5.69 Å². The van der Waals surface area contributed by atoms with Gasteiger partial charge in [-0.05, 0) is 66.4 Å². The lowest BCUT2D eigenvalue weighted by molar-refractivity contribution is -0.120. The van der Waals surface area contributed by atoms with Crippen molar-refractivity contribution in [3.05, 3.63) is 82.9 Å². The molecule has 0 unspecified atom stereocenters. The number of aromatic carboxylic acids is 1. The zero-order valence-corrected chi connectivity index (χ0v) is 17.5. The minimum absolute atomic E-state index is 0.00789. The van der Waals surface area contributed by atoms with Gasteiger partial charge in [-0.1, -0.05) is 31.2 Å². The van der Waals surface area contributed by atoms with Crippen molar-refractivity contribution in [3.63, 3.8) is 0 Å². The number of anilines is 1. The maximum atomic E-state index is 12.7. The molecule has 0 atom stereocenters. The number of nitrogens with one attached hydrogen (secondary N) is 1. The van der Waals surface area contributed by atoms with Crippen LogP contribution in [0, 0.1) is 0 Å². The number of carboxylic acid groups (broad SMARTS) is 1. The van der Waals surface area contributed by atoms with E-state index in [1.807, 2.05) is 19.1 Å². The smallest absolute Gasteiger partial charge is 0.336 e. The van der Waals surface area contributed by atoms with Crippen LogP contribution in [0.3, 0.4) is 0 Å². The van der Waals surface area contributed by atoms with E-state index in [1.54, 1.807) is 24.3 Å². The van der Waals surface area contributed by atoms with Crippen molar-refractivity contribution in [2.24, 2.45) is 0 Å². The molecule has 2 N–H and O–H groups in total. The van der Waals surface area contributed by atoms with Crippen LogP contribution in [0.4, 0.5) is 5.69 Å². The van der Waals surface area contributed by atoms with Crippen molar-refractivity contribution >= 4 is 29.8 Å². The third-order valence-electron chi connectivity index (χ3n) is 4.98. The molecule has 0 heterocycles. The molecule has 3 aromatic rings. The summed E-state index contributed by atoms with van der Waals surface area (Å²) < 4.78 is 4.82. The summed E-state index contributed by atoms with van der Waals surface area (Å²) in [6.45, 7) is 3.59. The van der Waals surface area contributed by atoms with E-state index in [-0.39, 0.29) is 34.7 Å². The van der Waals surface area contributed by atoms with Gasteiger partial charge in [0.15, 0.2) is 5.78 Å². The summed E-state index contributed by atoms with van der Waals surface area (Å²) in [4.78, 5) is 47.2. The van der Waals surface area contributed by atoms with Gasteiger partial charge in [0.05, 0.1) is 16.7 Å². The molecule has 162 valence electrons. The number of hydrogen-bond donors (Lipinski definition) is 2. The lowest BCUT2D eigenvalue weighted by Gasteiger charge is -2.12. The summed E-state index contributed by atoms with van der Waals surface area (Å²) in [7, 11) is 0. The van der Waals surface area contributed by atoms with Crippen LogP contribution in [-0.4, -0.2) is 29.2 Å². The topological polar surface area (TPSA) is 110 Å². The fourth-order valence-corrected chi connectivity index (χ4v) is 3.26. The largest absolute Gasteiger partial charge is 0.478 e. The average Bonchev–Trinajstić information content (AvgIpc) is 2.79. The predicted molar refractivity (Wildman–Crippen MR) is 119 cm³/mol. The predicted octanol–water partition coefficient (Wildman–Crippen LogP) is 4.60. The van der Waals surface area contributed by atoms with Crippen LogP contribution in [0.2, 0.25) is 0 Å². The van der Waals surface area contributed by atoms with E-state index in [0.29, 0.717) is 16.8 Å². The molecule has 0 radical (unpaired) electrons. The molecule has 0 spiro atoms. The maximum Gasteiger partial charge on any atom is 0.336 e. The first kappa shape index (κ1) is 22.4. The molecule has 0 aliphatic heterocycles. The molecular weight excluding hydrogens is 410 g/mol. The Morgan fingerprint density at radius 2 is 1.53 bits per heavy atom. The third-order valence-corrected chi connectivity index (χ3v) is 4.98. The number of rotatable bonds is 8. The van der Waals surface area contributed by atoms with Crippen molar-refractivity contribution in [1.29, 1.82) is 0 Å². The van der Waals surface area contributed by atoms with E-state index in [2.05, 4.69) is 5.32 Å². The van der Waals surface area contributed by atoms with E-state index < -0.39 is 11.9 Å². The Morgan fingerprint density at radius 3 is 2.09 bits per heavy atom. The van der Waals surface area contributed by atoms with Gasteiger partial charge in [0.2, 0.25) is 0 Å². The minimum Gasteiger partial charge on any atom is -0.478 e. The number of Topliss-reactive ketones (excluding diaryl/α,β-unsaturated/α-hetero) is 1. The van der Waals surface area contributed by atoms with Gasteiger partial charge in [0.25, 0.3) is 12.4 Å². The fraction of sp³-hybridized carbons (Fsp3) is 0.120. The highest BCUT2D eigenvalue weighted by molar-refractivity contribution is 6.11. The van der Waals surface area contributed by atoms with Crippen LogP contribution in [0.25, 0.3) is 11.1 Å². The Bertz CT molecular complexity index is 1200. The normalized spacial score (nSPS) is 10.3. The second-order valence-electron chi connectivity index (χ2n) is 7.05. The number of carbonyl (C=O) groups excluding carboxylic acids is 3. The summed E-state index contributed by atoms with van der Waals surface area (Å²) in [5, 5.41) is 12.4. The first-order chi connectivity index (χ1) is 15.3. The van der Waals surface area contributed by atoms with E-state index in [9.17, 15) is 24.3 Å². The Balaban J connectivity index is 1.96. The number of ether oxygens (including phenoxy) is 1. The maximum absolute atomic E-state index is 12.7. The van der Waals surface area contributed by atoms with Crippen molar-refractivity contribution < 1.29 is 29.0 Å². The lowest BCUT2D eigenvalue weighted by Crippen LogP contribution is -2.16. The van der Waals surface area contributed by atoms with E-state index >= 15 is 0 Å². The van der Waals surface area contributed by atoms with Crippen LogP contribution in [0.5, 0.6) is 5.75 Å². The third kappa shape index (κ3) is 4.89. The SMILES string of the molecule is CCc1ccc(NC(=O)c2ccc(-c3ccc(OC=O)c(C(C)=O)c3)cc2C(=O)O)cc1. The molecule has 0 saturated carbocycles. The van der Waals surface area contributed by atoms with Gasteiger partial charge < -0.3 is 15.2 Å². The van der Waals surface area contributed by atoms with Crippen molar-refractivity contribution in [2.45, 2.75) is 20.3 Å². The molecule has 0 bridgehead atoms. The lowest BCUT2D eigenvalue weighted by atomic mass is 9.96. The monoisotopic (exact) mass is 431 g/mol. The van der Waals surface area contributed by atoms with Gasteiger partial charge in [-0.2, -0.15) is 0 Å². The van der Waals surface area contributed by atoms with Gasteiger partial charge >= 0.3 is 5.97 Å². The quantitative estimate of drug-likeness (QED) is 0.398. The number of amides is 1. The highest BCUT2D eigenvalue weighted by Crippen LogP contribution is 2.29. The Kier molecular flexibility index (Phi) is 6.80. The fourth-order valence-electron chi connectivity index (χ4n) is 3.26. The molecule has 7 nitrogen and oxygen atoms in total. The second kappa shape index (κ2) is 9.70. The van der Waals surface area contributed by atoms with Gasteiger partial charge in [-0.15, -0.1) is 0 Å². The van der Waals surface area contributed by atoms with Crippen LogP contribution in [-0.2, 0) is 11.2 Å². The highest BCUT2D eigenvalue weighted by atomic mass is 16.5. The molecule has 3 rings (SSSR count). The number of benzene rings is 3. The number of hydrogen-bond acceptors (Lipinski definition) is 5. The van der Waals surface area contributed by atoms with Gasteiger partial charge in [-0.25, -0.2) is 4.79 Å². The van der Waals surface area contributed by atoms with Crippen LogP contribution in [0.15, 0.2) is 60.7 Å². The minimum atomic E-state index is -1.26. The van der Waals surface area contributed by atoms with E-state index in [1.165, 1.54) is 31.2 Å². The van der Waals surface area contributed by atoms with E-state index in [4.69, 9.17) is 4.74 Å². The Labute approximate surface area is 184 Å². The van der Waals surface area contributed by atoms with E-state index in [0.717, 1.165) is 12.0 Å². The van der Waals surface area contributed by atoms with Gasteiger partial charge in [0.1, 0.15) is 5.75 Å². The summed E-state index contributed by atoms with van der Waals surface area (Å²) in [5.74, 6) is -2.00. The second-order valence-corrected chi connectivity index (χ2v) is 7.05. The molecule has 0 saturated heterocycles. The van der Waals surface area contributed by atoms with Gasteiger partial charge in [-0.3, -0.25) is 14.4 Å². The molecular formula is C25H21NO6.